The standard InChI is InChI=1S/C10H13NO3/c1-7(2)14-10(12)8-4-5-11-9(6-8)13-3/h4-7H,1-3H3. The van der Waals surface area contributed by atoms with Crippen LogP contribution in [0.25, 0.3) is 0 Å². The van der Waals surface area contributed by atoms with E-state index >= 15 is 0 Å². The molecular weight excluding hydrogens is 182 g/mol. The Morgan fingerprint density at radius 2 is 2.21 bits per heavy atom. The van der Waals surface area contributed by atoms with Crippen molar-refractivity contribution in [3.05, 3.63) is 23.9 Å². The van der Waals surface area contributed by atoms with E-state index in [1.54, 1.807) is 26.0 Å². The Labute approximate surface area is 82.9 Å². The maximum atomic E-state index is 11.4. The van der Waals surface area contributed by atoms with Crippen molar-refractivity contribution < 1.29 is 14.3 Å². The third-order valence-corrected chi connectivity index (χ3v) is 1.52. The number of hydrogen-bond acceptors (Lipinski definition) is 4. The van der Waals surface area contributed by atoms with Crippen molar-refractivity contribution >= 4 is 5.97 Å². The zero-order chi connectivity index (χ0) is 10.6. The monoisotopic (exact) mass is 195 g/mol. The van der Waals surface area contributed by atoms with Crippen LogP contribution in [0, 0.1) is 0 Å². The van der Waals surface area contributed by atoms with Crippen LogP contribution in [0.3, 0.4) is 0 Å². The number of nitrogens with zero attached hydrogens (tertiary/aromatic N) is 1. The van der Waals surface area contributed by atoms with E-state index in [2.05, 4.69) is 4.98 Å². The summed E-state index contributed by atoms with van der Waals surface area (Å²) in [7, 11) is 1.50. The molecule has 0 aliphatic rings. The molecule has 1 aromatic heterocycles. The smallest absolute Gasteiger partial charge is 0.338 e. The van der Waals surface area contributed by atoms with Crippen LogP contribution >= 0.6 is 0 Å². The van der Waals surface area contributed by atoms with Crippen molar-refractivity contribution in [2.24, 2.45) is 0 Å². The van der Waals surface area contributed by atoms with Crippen molar-refractivity contribution in [1.29, 1.82) is 0 Å². The molecule has 0 spiro atoms. The molecule has 76 valence electrons. The minimum atomic E-state index is -0.360. The topological polar surface area (TPSA) is 48.4 Å². The number of rotatable bonds is 3. The Balaban J connectivity index is 2.79. The molecule has 1 rings (SSSR count). The summed E-state index contributed by atoms with van der Waals surface area (Å²) < 4.78 is 9.90. The van der Waals surface area contributed by atoms with Crippen molar-refractivity contribution in [2.45, 2.75) is 20.0 Å². The molecule has 0 aromatic carbocycles. The van der Waals surface area contributed by atoms with E-state index in [4.69, 9.17) is 9.47 Å². The minimum Gasteiger partial charge on any atom is -0.481 e. The predicted octanol–water partition coefficient (Wildman–Crippen LogP) is 1.66. The number of esters is 1. The molecule has 0 unspecified atom stereocenters. The summed E-state index contributed by atoms with van der Waals surface area (Å²) in [6.07, 6.45) is 1.39. The van der Waals surface area contributed by atoms with Crippen LogP contribution in [0.5, 0.6) is 5.88 Å². The van der Waals surface area contributed by atoms with Crippen LogP contribution in [0.1, 0.15) is 24.2 Å². The van der Waals surface area contributed by atoms with E-state index in [1.807, 2.05) is 0 Å². The fourth-order valence-corrected chi connectivity index (χ4v) is 0.930. The van der Waals surface area contributed by atoms with E-state index < -0.39 is 0 Å². The Kier molecular flexibility index (Phi) is 3.45. The summed E-state index contributed by atoms with van der Waals surface area (Å²) in [5.41, 5.74) is 0.450. The average molecular weight is 195 g/mol. The SMILES string of the molecule is COc1cc(C(=O)OC(C)C)ccn1. The molecule has 0 amide bonds. The Hall–Kier alpha value is -1.58. The highest BCUT2D eigenvalue weighted by molar-refractivity contribution is 5.89. The highest BCUT2D eigenvalue weighted by atomic mass is 16.5. The molecule has 0 atom stereocenters. The van der Waals surface area contributed by atoms with Gasteiger partial charge in [-0.1, -0.05) is 0 Å². The normalized spacial score (nSPS) is 10.0. The first-order valence-electron chi connectivity index (χ1n) is 4.34. The maximum absolute atomic E-state index is 11.4. The molecule has 0 aliphatic heterocycles. The van der Waals surface area contributed by atoms with Crippen molar-refractivity contribution in [3.8, 4) is 5.88 Å². The molecule has 4 heteroatoms. The molecular formula is C10H13NO3. The largest absolute Gasteiger partial charge is 0.481 e. The first kappa shape index (κ1) is 10.5. The van der Waals surface area contributed by atoms with Gasteiger partial charge in [0.1, 0.15) is 0 Å². The maximum Gasteiger partial charge on any atom is 0.338 e. The first-order valence-corrected chi connectivity index (χ1v) is 4.34. The van der Waals surface area contributed by atoms with Crippen LogP contribution in [0.2, 0.25) is 0 Å². The number of pyridine rings is 1. The third kappa shape index (κ3) is 2.73. The second-order valence-corrected chi connectivity index (χ2v) is 3.04. The summed E-state index contributed by atoms with van der Waals surface area (Å²) in [6, 6.07) is 3.14. The lowest BCUT2D eigenvalue weighted by Gasteiger charge is -2.07. The van der Waals surface area contributed by atoms with Crippen LogP contribution < -0.4 is 4.74 Å². The van der Waals surface area contributed by atoms with Gasteiger partial charge in [-0.2, -0.15) is 0 Å². The van der Waals surface area contributed by atoms with Gasteiger partial charge in [-0.05, 0) is 19.9 Å². The van der Waals surface area contributed by atoms with Gasteiger partial charge in [-0.15, -0.1) is 0 Å². The number of carbonyl (C=O) groups excluding carboxylic acids is 1. The highest BCUT2D eigenvalue weighted by Gasteiger charge is 2.09. The third-order valence-electron chi connectivity index (χ3n) is 1.52. The number of hydrogen-bond donors (Lipinski definition) is 0. The zero-order valence-electron chi connectivity index (χ0n) is 8.48. The summed E-state index contributed by atoms with van der Waals surface area (Å²) in [5, 5.41) is 0. The molecule has 0 N–H and O–H groups in total. The van der Waals surface area contributed by atoms with E-state index in [0.29, 0.717) is 11.4 Å². The van der Waals surface area contributed by atoms with Crippen molar-refractivity contribution in [3.63, 3.8) is 0 Å². The van der Waals surface area contributed by atoms with Gasteiger partial charge in [0.15, 0.2) is 0 Å². The van der Waals surface area contributed by atoms with Crippen LogP contribution in [-0.4, -0.2) is 24.2 Å². The summed E-state index contributed by atoms with van der Waals surface area (Å²) >= 11 is 0. The minimum absolute atomic E-state index is 0.123. The predicted molar refractivity (Wildman–Crippen MR) is 51.3 cm³/mol. The lowest BCUT2D eigenvalue weighted by molar-refractivity contribution is 0.0377. The summed E-state index contributed by atoms with van der Waals surface area (Å²) in [4.78, 5) is 15.3. The van der Waals surface area contributed by atoms with Gasteiger partial charge in [-0.25, -0.2) is 9.78 Å². The molecule has 14 heavy (non-hydrogen) atoms. The van der Waals surface area contributed by atoms with Crippen LogP contribution in [0.4, 0.5) is 0 Å². The van der Waals surface area contributed by atoms with Gasteiger partial charge in [0.05, 0.1) is 18.8 Å². The number of methoxy groups -OCH3 is 1. The Bertz CT molecular complexity index is 323. The van der Waals surface area contributed by atoms with E-state index in [-0.39, 0.29) is 12.1 Å². The average Bonchev–Trinajstić information content (AvgIpc) is 2.17. The fraction of sp³-hybridized carbons (Fsp3) is 0.400. The van der Waals surface area contributed by atoms with Gasteiger partial charge in [0.2, 0.25) is 5.88 Å². The Morgan fingerprint density at radius 1 is 1.50 bits per heavy atom. The molecule has 1 heterocycles. The summed E-state index contributed by atoms with van der Waals surface area (Å²) in [5.74, 6) is 0.0453. The molecule has 1 aromatic rings. The molecule has 0 aliphatic carbocycles. The van der Waals surface area contributed by atoms with E-state index in [0.717, 1.165) is 0 Å². The van der Waals surface area contributed by atoms with E-state index in [1.165, 1.54) is 13.3 Å². The van der Waals surface area contributed by atoms with E-state index in [9.17, 15) is 4.79 Å². The van der Waals surface area contributed by atoms with Crippen molar-refractivity contribution in [1.82, 2.24) is 4.98 Å². The van der Waals surface area contributed by atoms with Gasteiger partial charge in [0, 0.05) is 12.3 Å². The van der Waals surface area contributed by atoms with Gasteiger partial charge >= 0.3 is 5.97 Å². The Morgan fingerprint density at radius 3 is 2.79 bits per heavy atom. The molecule has 0 bridgehead atoms. The second-order valence-electron chi connectivity index (χ2n) is 3.04. The number of carbonyl (C=O) groups is 1. The molecule has 0 saturated heterocycles. The zero-order valence-corrected chi connectivity index (χ0v) is 8.48. The van der Waals surface area contributed by atoms with Gasteiger partial charge in [0.25, 0.3) is 0 Å². The molecule has 0 radical (unpaired) electrons. The van der Waals surface area contributed by atoms with Crippen molar-refractivity contribution in [2.75, 3.05) is 7.11 Å². The number of ether oxygens (including phenoxy) is 2. The molecule has 4 nitrogen and oxygen atoms in total. The van der Waals surface area contributed by atoms with Crippen LogP contribution in [0.15, 0.2) is 18.3 Å². The second kappa shape index (κ2) is 4.60. The van der Waals surface area contributed by atoms with Gasteiger partial charge in [-0.3, -0.25) is 0 Å². The quantitative estimate of drug-likeness (QED) is 0.688. The van der Waals surface area contributed by atoms with Crippen LogP contribution in [-0.2, 0) is 4.74 Å². The molecule has 0 saturated carbocycles. The highest BCUT2D eigenvalue weighted by Crippen LogP contribution is 2.10. The fourth-order valence-electron chi connectivity index (χ4n) is 0.930. The lowest BCUT2D eigenvalue weighted by Crippen LogP contribution is -2.11. The summed E-state index contributed by atoms with van der Waals surface area (Å²) in [6.45, 7) is 3.60. The first-order chi connectivity index (χ1) is 6.63. The molecule has 0 fully saturated rings. The number of aromatic nitrogens is 1. The lowest BCUT2D eigenvalue weighted by atomic mass is 10.2. The van der Waals surface area contributed by atoms with Gasteiger partial charge < -0.3 is 9.47 Å².